The van der Waals surface area contributed by atoms with E-state index in [1.807, 2.05) is 0 Å². The standard InChI is InChI=1S/C14H15S/c1-2-6-14(15)13-10-5-8-11-7-3-4-9-12(11)13/h3-5,7-10,14H,2,6H2,1H3. The Labute approximate surface area is 96.7 Å². The molecule has 77 valence electrons. The lowest BCUT2D eigenvalue weighted by Gasteiger charge is -2.11. The van der Waals surface area contributed by atoms with Crippen LogP contribution in [0.3, 0.4) is 0 Å². The molecule has 0 N–H and O–H groups in total. The van der Waals surface area contributed by atoms with Crippen LogP contribution in [0.2, 0.25) is 0 Å². The van der Waals surface area contributed by atoms with Crippen molar-refractivity contribution in [2.75, 3.05) is 0 Å². The monoisotopic (exact) mass is 215 g/mol. The fourth-order valence-corrected chi connectivity index (χ4v) is 2.39. The highest BCUT2D eigenvalue weighted by Crippen LogP contribution is 2.31. The van der Waals surface area contributed by atoms with Crippen LogP contribution in [0.1, 0.15) is 30.6 Å². The van der Waals surface area contributed by atoms with Crippen molar-refractivity contribution in [3.05, 3.63) is 48.0 Å². The zero-order valence-electron chi connectivity index (χ0n) is 8.94. The van der Waals surface area contributed by atoms with Gasteiger partial charge in [-0.1, -0.05) is 68.4 Å². The maximum absolute atomic E-state index is 5.53. The molecule has 15 heavy (non-hydrogen) atoms. The molecule has 0 spiro atoms. The summed E-state index contributed by atoms with van der Waals surface area (Å²) in [4.78, 5) is 0. The van der Waals surface area contributed by atoms with Crippen LogP contribution in [0.4, 0.5) is 0 Å². The van der Waals surface area contributed by atoms with Crippen LogP contribution in [0.25, 0.3) is 10.8 Å². The quantitative estimate of drug-likeness (QED) is 0.684. The SMILES string of the molecule is CCCC([S])c1cccc2ccccc12. The Bertz CT molecular complexity index is 443. The molecule has 1 atom stereocenters. The Kier molecular flexibility index (Phi) is 3.32. The summed E-state index contributed by atoms with van der Waals surface area (Å²) in [6.07, 6.45) is 2.24. The van der Waals surface area contributed by atoms with Crippen molar-refractivity contribution < 1.29 is 0 Å². The molecule has 0 aliphatic heterocycles. The summed E-state index contributed by atoms with van der Waals surface area (Å²) in [6, 6.07) is 14.9. The molecule has 0 saturated carbocycles. The molecule has 0 aliphatic carbocycles. The predicted octanol–water partition coefficient (Wildman–Crippen LogP) is 4.88. The number of hydrogen-bond donors (Lipinski definition) is 0. The van der Waals surface area contributed by atoms with Crippen molar-refractivity contribution in [1.82, 2.24) is 0 Å². The van der Waals surface area contributed by atoms with E-state index in [-0.39, 0.29) is 5.25 Å². The first kappa shape index (κ1) is 10.6. The van der Waals surface area contributed by atoms with Crippen LogP contribution >= 0.6 is 12.6 Å². The Morgan fingerprint density at radius 1 is 1.07 bits per heavy atom. The molecule has 0 aromatic heterocycles. The predicted molar refractivity (Wildman–Crippen MR) is 69.2 cm³/mol. The minimum atomic E-state index is 0.251. The van der Waals surface area contributed by atoms with E-state index in [2.05, 4.69) is 49.4 Å². The molecule has 0 amide bonds. The summed E-state index contributed by atoms with van der Waals surface area (Å²) in [7, 11) is 0. The van der Waals surface area contributed by atoms with Crippen LogP contribution in [0.15, 0.2) is 42.5 Å². The van der Waals surface area contributed by atoms with E-state index in [0.717, 1.165) is 12.8 Å². The van der Waals surface area contributed by atoms with E-state index >= 15 is 0 Å². The van der Waals surface area contributed by atoms with Gasteiger partial charge in [0.1, 0.15) is 0 Å². The highest BCUT2D eigenvalue weighted by Gasteiger charge is 2.08. The Morgan fingerprint density at radius 3 is 2.60 bits per heavy atom. The molecular formula is C14H15S. The van der Waals surface area contributed by atoms with E-state index < -0.39 is 0 Å². The summed E-state index contributed by atoms with van der Waals surface area (Å²) in [6.45, 7) is 2.18. The van der Waals surface area contributed by atoms with E-state index in [4.69, 9.17) is 12.6 Å². The molecule has 0 fully saturated rings. The van der Waals surface area contributed by atoms with Crippen LogP contribution in [0, 0.1) is 0 Å². The van der Waals surface area contributed by atoms with Crippen LogP contribution in [0.5, 0.6) is 0 Å². The summed E-state index contributed by atoms with van der Waals surface area (Å²) >= 11 is 5.53. The second-order valence-electron chi connectivity index (χ2n) is 3.85. The fraction of sp³-hybridized carbons (Fsp3) is 0.286. The van der Waals surface area contributed by atoms with E-state index in [1.165, 1.54) is 16.3 Å². The highest BCUT2D eigenvalue weighted by atomic mass is 32.1. The van der Waals surface area contributed by atoms with Crippen LogP contribution < -0.4 is 0 Å². The first-order chi connectivity index (χ1) is 7.33. The first-order valence-corrected chi connectivity index (χ1v) is 5.93. The van der Waals surface area contributed by atoms with E-state index in [0.29, 0.717) is 0 Å². The number of fused-ring (bicyclic) bond motifs is 1. The summed E-state index contributed by atoms with van der Waals surface area (Å²) < 4.78 is 0. The lowest BCUT2D eigenvalue weighted by molar-refractivity contribution is 0.787. The smallest absolute Gasteiger partial charge is 0.0407 e. The molecule has 0 aliphatic rings. The Balaban J connectivity index is 2.50. The molecule has 1 unspecified atom stereocenters. The van der Waals surface area contributed by atoms with Crippen molar-refractivity contribution in [3.8, 4) is 0 Å². The van der Waals surface area contributed by atoms with Crippen LogP contribution in [-0.4, -0.2) is 0 Å². The third-order valence-corrected chi connectivity index (χ3v) is 3.21. The summed E-state index contributed by atoms with van der Waals surface area (Å²) in [5, 5.41) is 2.86. The van der Waals surface area contributed by atoms with Crippen LogP contribution in [-0.2, 0) is 0 Å². The van der Waals surface area contributed by atoms with Crippen molar-refractivity contribution in [2.24, 2.45) is 0 Å². The minimum Gasteiger partial charge on any atom is -0.0853 e. The molecule has 0 saturated heterocycles. The zero-order chi connectivity index (χ0) is 10.7. The molecular weight excluding hydrogens is 200 g/mol. The van der Waals surface area contributed by atoms with Gasteiger partial charge in [-0.15, -0.1) is 0 Å². The second kappa shape index (κ2) is 4.71. The van der Waals surface area contributed by atoms with E-state index in [1.54, 1.807) is 0 Å². The zero-order valence-corrected chi connectivity index (χ0v) is 9.76. The average Bonchev–Trinajstić information content (AvgIpc) is 2.28. The average molecular weight is 215 g/mol. The topological polar surface area (TPSA) is 0 Å². The van der Waals surface area contributed by atoms with Crippen molar-refractivity contribution >= 4 is 23.4 Å². The van der Waals surface area contributed by atoms with Crippen molar-refractivity contribution in [2.45, 2.75) is 25.0 Å². The number of rotatable bonds is 3. The van der Waals surface area contributed by atoms with Gasteiger partial charge in [0.05, 0.1) is 0 Å². The second-order valence-corrected chi connectivity index (χ2v) is 4.41. The van der Waals surface area contributed by atoms with Gasteiger partial charge in [-0.2, -0.15) is 0 Å². The van der Waals surface area contributed by atoms with Gasteiger partial charge >= 0.3 is 0 Å². The van der Waals surface area contributed by atoms with Gasteiger partial charge in [-0.3, -0.25) is 0 Å². The van der Waals surface area contributed by atoms with Crippen molar-refractivity contribution in [1.29, 1.82) is 0 Å². The third kappa shape index (κ3) is 2.18. The molecule has 0 bridgehead atoms. The normalized spacial score (nSPS) is 12.9. The maximum Gasteiger partial charge on any atom is 0.0407 e. The minimum absolute atomic E-state index is 0.251. The van der Waals surface area contributed by atoms with Gasteiger partial charge < -0.3 is 0 Å². The lowest BCUT2D eigenvalue weighted by atomic mass is 10.00. The Morgan fingerprint density at radius 2 is 1.80 bits per heavy atom. The molecule has 2 aromatic carbocycles. The van der Waals surface area contributed by atoms with Gasteiger partial charge in [0.2, 0.25) is 0 Å². The molecule has 0 heterocycles. The van der Waals surface area contributed by atoms with Gasteiger partial charge in [-0.05, 0) is 22.8 Å². The number of benzene rings is 2. The van der Waals surface area contributed by atoms with E-state index in [9.17, 15) is 0 Å². The Hall–Kier alpha value is -0.950. The molecule has 1 radical (unpaired) electrons. The highest BCUT2D eigenvalue weighted by molar-refractivity contribution is 7.80. The molecule has 1 heteroatoms. The fourth-order valence-electron chi connectivity index (χ4n) is 1.95. The molecule has 2 aromatic rings. The molecule has 2 rings (SSSR count). The summed E-state index contributed by atoms with van der Waals surface area (Å²) in [5.74, 6) is 0. The van der Waals surface area contributed by atoms with Gasteiger partial charge in [-0.25, -0.2) is 0 Å². The third-order valence-electron chi connectivity index (χ3n) is 2.72. The molecule has 0 nitrogen and oxygen atoms in total. The first-order valence-electron chi connectivity index (χ1n) is 5.46. The number of hydrogen-bond acceptors (Lipinski definition) is 0. The maximum atomic E-state index is 5.53. The van der Waals surface area contributed by atoms with Gasteiger partial charge in [0.25, 0.3) is 0 Å². The summed E-state index contributed by atoms with van der Waals surface area (Å²) in [5.41, 5.74) is 1.31. The lowest BCUT2D eigenvalue weighted by Crippen LogP contribution is -1.91. The van der Waals surface area contributed by atoms with Gasteiger partial charge in [0.15, 0.2) is 0 Å². The van der Waals surface area contributed by atoms with Crippen molar-refractivity contribution in [3.63, 3.8) is 0 Å². The van der Waals surface area contributed by atoms with Gasteiger partial charge in [0, 0.05) is 5.25 Å². The largest absolute Gasteiger partial charge is 0.0853 e.